The zero-order valence-electron chi connectivity index (χ0n) is 21.4. The lowest BCUT2D eigenvalue weighted by atomic mass is 9.57. The van der Waals surface area contributed by atoms with E-state index in [1.807, 2.05) is 13.8 Å². The molecule has 0 aromatic heterocycles. The lowest BCUT2D eigenvalue weighted by Gasteiger charge is -2.47. The van der Waals surface area contributed by atoms with Gasteiger partial charge in [0.15, 0.2) is 0 Å². The molecule has 0 bridgehead atoms. The maximum absolute atomic E-state index is 10.2. The molecule has 3 rings (SSSR count). The Morgan fingerprint density at radius 3 is 2.58 bits per heavy atom. The Labute approximate surface area is 201 Å². The predicted molar refractivity (Wildman–Crippen MR) is 135 cm³/mol. The highest BCUT2D eigenvalue weighted by molar-refractivity contribution is 5.38. The lowest BCUT2D eigenvalue weighted by Crippen LogP contribution is -2.39. The third-order valence-electron chi connectivity index (χ3n) is 9.05. The molecule has 0 aliphatic heterocycles. The summed E-state index contributed by atoms with van der Waals surface area (Å²) >= 11 is 0. The first-order valence-corrected chi connectivity index (χ1v) is 13.2. The van der Waals surface area contributed by atoms with Gasteiger partial charge in [0.2, 0.25) is 0 Å². The average molecular weight is 461 g/mol. The van der Waals surface area contributed by atoms with Gasteiger partial charge in [-0.05, 0) is 99.0 Å². The Morgan fingerprint density at radius 2 is 1.91 bits per heavy atom. The Kier molecular flexibility index (Phi) is 8.70. The van der Waals surface area contributed by atoms with Gasteiger partial charge >= 0.3 is 0 Å². The first-order chi connectivity index (χ1) is 15.4. The van der Waals surface area contributed by atoms with Crippen LogP contribution in [0, 0.1) is 29.1 Å². The Morgan fingerprint density at radius 1 is 1.18 bits per heavy atom. The van der Waals surface area contributed by atoms with Gasteiger partial charge in [-0.2, -0.15) is 0 Å². The number of fused-ring (bicyclic) bond motifs is 1. The highest BCUT2D eigenvalue weighted by Gasteiger charge is 2.52. The van der Waals surface area contributed by atoms with Crippen LogP contribution in [-0.4, -0.2) is 44.8 Å². The monoisotopic (exact) mass is 460 g/mol. The van der Waals surface area contributed by atoms with Crippen molar-refractivity contribution in [2.24, 2.45) is 29.1 Å². The number of hydrogen-bond donors (Lipinski definition) is 4. The van der Waals surface area contributed by atoms with Crippen LogP contribution in [0.15, 0.2) is 35.5 Å². The molecule has 0 saturated heterocycles. The minimum Gasteiger partial charge on any atom is -0.396 e. The smallest absolute Gasteiger partial charge is 0.0811 e. The number of allylic oxidation sites excluding steroid dienone is 3. The second-order valence-electron chi connectivity index (χ2n) is 12.3. The minimum absolute atomic E-state index is 0.235. The van der Waals surface area contributed by atoms with E-state index in [2.05, 4.69) is 32.6 Å². The molecule has 3 saturated carbocycles. The molecule has 33 heavy (non-hydrogen) atoms. The fraction of sp³-hybridized carbons (Fsp3) is 0.793. The number of aliphatic hydroxyl groups is 4. The van der Waals surface area contributed by atoms with Crippen LogP contribution in [0.3, 0.4) is 0 Å². The number of hydrogen-bond acceptors (Lipinski definition) is 4. The van der Waals surface area contributed by atoms with E-state index in [0.29, 0.717) is 36.5 Å². The van der Waals surface area contributed by atoms with Crippen molar-refractivity contribution in [2.45, 2.75) is 110 Å². The van der Waals surface area contributed by atoms with Gasteiger partial charge < -0.3 is 20.4 Å². The quantitative estimate of drug-likeness (QED) is 0.395. The largest absolute Gasteiger partial charge is 0.396 e. The fourth-order valence-electron chi connectivity index (χ4n) is 7.36. The van der Waals surface area contributed by atoms with Gasteiger partial charge in [-0.3, -0.25) is 0 Å². The van der Waals surface area contributed by atoms with Crippen LogP contribution in [0.2, 0.25) is 0 Å². The van der Waals surface area contributed by atoms with Crippen molar-refractivity contribution in [3.63, 3.8) is 0 Å². The first-order valence-electron chi connectivity index (χ1n) is 13.2. The van der Waals surface area contributed by atoms with Gasteiger partial charge in [-0.15, -0.1) is 0 Å². The summed E-state index contributed by atoms with van der Waals surface area (Å²) in [6.07, 6.45) is 12.7. The molecule has 7 atom stereocenters. The van der Waals surface area contributed by atoms with E-state index in [-0.39, 0.29) is 12.0 Å². The van der Waals surface area contributed by atoms with Gasteiger partial charge in [0.05, 0.1) is 17.8 Å². The van der Waals surface area contributed by atoms with Crippen LogP contribution in [0.25, 0.3) is 0 Å². The van der Waals surface area contributed by atoms with E-state index < -0.39 is 17.8 Å². The van der Waals surface area contributed by atoms with Crippen molar-refractivity contribution < 1.29 is 20.4 Å². The first kappa shape index (κ1) is 26.7. The van der Waals surface area contributed by atoms with E-state index in [4.69, 9.17) is 0 Å². The Hall–Kier alpha value is -0.940. The van der Waals surface area contributed by atoms with E-state index in [9.17, 15) is 20.4 Å². The molecule has 0 unspecified atom stereocenters. The van der Waals surface area contributed by atoms with Crippen molar-refractivity contribution in [2.75, 3.05) is 6.61 Å². The summed E-state index contributed by atoms with van der Waals surface area (Å²) in [5.74, 6) is 2.34. The Bertz CT molecular complexity index is 745. The molecule has 0 radical (unpaired) electrons. The molecule has 3 fully saturated rings. The molecular formula is C29H48O4. The Balaban J connectivity index is 1.80. The van der Waals surface area contributed by atoms with Crippen molar-refractivity contribution >= 4 is 0 Å². The van der Waals surface area contributed by atoms with Crippen LogP contribution >= 0.6 is 0 Å². The van der Waals surface area contributed by atoms with Gasteiger partial charge in [-0.1, -0.05) is 51.0 Å². The summed E-state index contributed by atoms with van der Waals surface area (Å²) in [4.78, 5) is 0. The molecule has 0 aromatic rings. The second-order valence-corrected chi connectivity index (χ2v) is 12.3. The van der Waals surface area contributed by atoms with E-state index in [1.165, 1.54) is 24.8 Å². The molecule has 0 amide bonds. The summed E-state index contributed by atoms with van der Waals surface area (Å²) in [5.41, 5.74) is 2.83. The summed E-state index contributed by atoms with van der Waals surface area (Å²) in [5, 5.41) is 40.1. The third kappa shape index (κ3) is 6.39. The summed E-state index contributed by atoms with van der Waals surface area (Å²) in [7, 11) is 0. The molecule has 3 aliphatic carbocycles. The van der Waals surface area contributed by atoms with Gasteiger partial charge in [0.1, 0.15) is 0 Å². The topological polar surface area (TPSA) is 80.9 Å². The fourth-order valence-corrected chi connectivity index (χ4v) is 7.36. The van der Waals surface area contributed by atoms with Crippen LogP contribution < -0.4 is 0 Å². The predicted octanol–water partition coefficient (Wildman–Crippen LogP) is 5.31. The normalized spacial score (nSPS) is 38.7. The summed E-state index contributed by atoms with van der Waals surface area (Å²) in [6.45, 7) is 13.0. The maximum Gasteiger partial charge on any atom is 0.0811 e. The molecule has 0 heterocycles. The van der Waals surface area contributed by atoms with Gasteiger partial charge in [0.25, 0.3) is 0 Å². The van der Waals surface area contributed by atoms with Crippen molar-refractivity contribution in [1.29, 1.82) is 0 Å². The summed E-state index contributed by atoms with van der Waals surface area (Å²) in [6, 6.07) is 0. The minimum atomic E-state index is -0.655. The molecule has 4 nitrogen and oxygen atoms in total. The lowest BCUT2D eigenvalue weighted by molar-refractivity contribution is 0.0486. The van der Waals surface area contributed by atoms with Crippen LogP contribution in [0.5, 0.6) is 0 Å². The zero-order valence-corrected chi connectivity index (χ0v) is 21.4. The molecule has 4 N–H and O–H groups in total. The van der Waals surface area contributed by atoms with Crippen molar-refractivity contribution in [3.8, 4) is 0 Å². The molecular weight excluding hydrogens is 412 g/mol. The van der Waals surface area contributed by atoms with Crippen molar-refractivity contribution in [3.05, 3.63) is 35.5 Å². The molecule has 188 valence electrons. The van der Waals surface area contributed by atoms with E-state index in [1.54, 1.807) is 0 Å². The molecule has 0 aromatic carbocycles. The van der Waals surface area contributed by atoms with Crippen LogP contribution in [0.1, 0.15) is 91.9 Å². The SMILES string of the molecule is C=C1/C(=C\C=C2/C[C@H](CCO)C[C@]3(C)[C@@H]([C@H](C)CCCC(C)(C)O)CC[C@@H]23)C[C@@H](O)C[C@@H]1O. The van der Waals surface area contributed by atoms with Gasteiger partial charge in [0, 0.05) is 13.0 Å². The summed E-state index contributed by atoms with van der Waals surface area (Å²) < 4.78 is 0. The van der Waals surface area contributed by atoms with Crippen LogP contribution in [-0.2, 0) is 0 Å². The average Bonchev–Trinajstić information content (AvgIpc) is 3.05. The molecule has 0 spiro atoms. The van der Waals surface area contributed by atoms with Gasteiger partial charge in [-0.25, -0.2) is 0 Å². The number of rotatable bonds is 8. The molecule has 3 aliphatic rings. The zero-order chi connectivity index (χ0) is 24.4. The maximum atomic E-state index is 10.2. The van der Waals surface area contributed by atoms with E-state index in [0.717, 1.165) is 43.3 Å². The van der Waals surface area contributed by atoms with Crippen molar-refractivity contribution in [1.82, 2.24) is 0 Å². The van der Waals surface area contributed by atoms with Crippen LogP contribution in [0.4, 0.5) is 0 Å². The molecule has 4 heteroatoms. The number of aliphatic hydroxyl groups excluding tert-OH is 3. The highest BCUT2D eigenvalue weighted by atomic mass is 16.3. The standard InChI is InChI=1S/C29H48O4/c1-19(7-6-13-28(3,4)33)25-10-11-26-23(15-21(12-14-30)18-29(25,26)5)9-8-22-16-24(31)17-27(32)20(22)2/h8-9,19,21,24-27,30-33H,2,6-7,10-18H2,1,3-5H3/b22-8-,23-9+/t19-,21+,24-,25-,26+,27+,29-/m1/s1. The third-order valence-corrected chi connectivity index (χ3v) is 9.05. The second kappa shape index (κ2) is 10.8. The highest BCUT2D eigenvalue weighted by Crippen LogP contribution is 2.61. The van der Waals surface area contributed by atoms with E-state index >= 15 is 0 Å².